The van der Waals surface area contributed by atoms with Gasteiger partial charge in [-0.05, 0) is 68.8 Å². The van der Waals surface area contributed by atoms with Gasteiger partial charge in [0.1, 0.15) is 12.6 Å². The Morgan fingerprint density at radius 2 is 1.63 bits per heavy atom. The van der Waals surface area contributed by atoms with Crippen LogP contribution in [0.2, 0.25) is 10.0 Å². The van der Waals surface area contributed by atoms with Crippen molar-refractivity contribution in [1.82, 2.24) is 10.2 Å². The Hall–Kier alpha value is -2.59. The van der Waals surface area contributed by atoms with E-state index in [4.69, 9.17) is 23.2 Å². The van der Waals surface area contributed by atoms with Crippen LogP contribution in [0.25, 0.3) is 0 Å². The number of rotatable bonds is 10. The van der Waals surface area contributed by atoms with Gasteiger partial charge in [-0.1, -0.05) is 69.5 Å². The van der Waals surface area contributed by atoms with Gasteiger partial charge in [-0.15, -0.1) is 0 Å². The Bertz CT molecular complexity index is 1400. The lowest BCUT2D eigenvalue weighted by Gasteiger charge is -2.32. The first-order valence-corrected chi connectivity index (χ1v) is 14.8. The molecule has 1 N–H and O–H groups in total. The average molecular weight is 641 g/mol. The van der Waals surface area contributed by atoms with Crippen LogP contribution < -0.4 is 9.62 Å². The highest BCUT2D eigenvalue weighted by Crippen LogP contribution is 2.33. The summed E-state index contributed by atoms with van der Waals surface area (Å²) in [6.45, 7) is 4.72. The van der Waals surface area contributed by atoms with E-state index in [-0.39, 0.29) is 39.1 Å². The minimum absolute atomic E-state index is 0.0204. The minimum Gasteiger partial charge on any atom is -0.352 e. The van der Waals surface area contributed by atoms with Crippen molar-refractivity contribution in [2.45, 2.75) is 44.3 Å². The fourth-order valence-corrected chi connectivity index (χ4v) is 6.06. The highest BCUT2D eigenvalue weighted by Gasteiger charge is 2.33. The fourth-order valence-electron chi connectivity index (χ4n) is 3.73. The van der Waals surface area contributed by atoms with Crippen LogP contribution in [0.4, 0.5) is 5.69 Å². The van der Waals surface area contributed by atoms with Crippen molar-refractivity contribution >= 4 is 66.7 Å². The molecule has 0 fully saturated rings. The van der Waals surface area contributed by atoms with Crippen molar-refractivity contribution in [3.05, 3.63) is 92.9 Å². The van der Waals surface area contributed by atoms with Gasteiger partial charge in [0.2, 0.25) is 11.8 Å². The van der Waals surface area contributed by atoms with Crippen LogP contribution >= 0.6 is 39.1 Å². The van der Waals surface area contributed by atoms with E-state index in [1.54, 1.807) is 25.1 Å². The fraction of sp³-hybridized carbons (Fsp3) is 0.259. The van der Waals surface area contributed by atoms with E-state index in [0.717, 1.165) is 14.3 Å². The number of sulfonamides is 1. The van der Waals surface area contributed by atoms with Crippen molar-refractivity contribution in [2.75, 3.05) is 10.8 Å². The van der Waals surface area contributed by atoms with Gasteiger partial charge in [-0.2, -0.15) is 0 Å². The van der Waals surface area contributed by atoms with Gasteiger partial charge in [0.05, 0.1) is 15.6 Å². The Labute approximate surface area is 241 Å². The summed E-state index contributed by atoms with van der Waals surface area (Å²) in [5.41, 5.74) is 0.813. The van der Waals surface area contributed by atoms with E-state index in [0.29, 0.717) is 0 Å². The van der Waals surface area contributed by atoms with Gasteiger partial charge >= 0.3 is 0 Å². The number of carbonyl (C=O) groups is 2. The van der Waals surface area contributed by atoms with E-state index in [9.17, 15) is 18.0 Å². The molecule has 3 aromatic carbocycles. The van der Waals surface area contributed by atoms with Crippen LogP contribution in [0, 0.1) is 0 Å². The summed E-state index contributed by atoms with van der Waals surface area (Å²) in [4.78, 5) is 28.2. The second-order valence-electron chi connectivity index (χ2n) is 8.91. The number of nitrogens with zero attached hydrogens (tertiary/aromatic N) is 2. The van der Waals surface area contributed by atoms with Crippen LogP contribution in [-0.2, 0) is 26.2 Å². The zero-order valence-corrected chi connectivity index (χ0v) is 25.0. The predicted octanol–water partition coefficient (Wildman–Crippen LogP) is 5.89. The minimum atomic E-state index is -4.23. The molecule has 2 amide bonds. The number of anilines is 1. The van der Waals surface area contributed by atoms with Crippen molar-refractivity contribution in [3.63, 3.8) is 0 Å². The largest absolute Gasteiger partial charge is 0.352 e. The van der Waals surface area contributed by atoms with E-state index >= 15 is 0 Å². The summed E-state index contributed by atoms with van der Waals surface area (Å²) in [5.74, 6) is -0.950. The second kappa shape index (κ2) is 13.0. The number of halogens is 3. The first-order valence-electron chi connectivity index (χ1n) is 11.8. The topological polar surface area (TPSA) is 86.8 Å². The number of benzene rings is 3. The van der Waals surface area contributed by atoms with Gasteiger partial charge < -0.3 is 10.2 Å². The standard InChI is InChI=1S/C27H28BrCl2N3O4S/c1-18(2)31-27(35)19(3)32(16-20-8-7-9-21(28)14-20)26(34)17-33(25-15-22(29)12-13-24(25)30)38(36,37)23-10-5-4-6-11-23/h4-15,18-19H,16-17H2,1-3H3,(H,31,35). The molecule has 202 valence electrons. The monoisotopic (exact) mass is 639 g/mol. The Balaban J connectivity index is 2.07. The predicted molar refractivity (Wildman–Crippen MR) is 155 cm³/mol. The molecule has 0 aliphatic rings. The van der Waals surface area contributed by atoms with Crippen LogP contribution in [-0.4, -0.2) is 43.8 Å². The van der Waals surface area contributed by atoms with Gasteiger partial charge in [0.15, 0.2) is 0 Å². The highest BCUT2D eigenvalue weighted by atomic mass is 79.9. The summed E-state index contributed by atoms with van der Waals surface area (Å²) in [6.07, 6.45) is 0. The van der Waals surface area contributed by atoms with Crippen LogP contribution in [0.15, 0.2) is 82.2 Å². The Morgan fingerprint density at radius 1 is 0.947 bits per heavy atom. The number of nitrogens with one attached hydrogen (secondary N) is 1. The second-order valence-corrected chi connectivity index (χ2v) is 12.5. The average Bonchev–Trinajstić information content (AvgIpc) is 2.87. The maximum atomic E-state index is 13.9. The maximum absolute atomic E-state index is 13.9. The van der Waals surface area contributed by atoms with Crippen molar-refractivity contribution in [2.24, 2.45) is 0 Å². The number of carbonyl (C=O) groups excluding carboxylic acids is 2. The molecule has 0 aliphatic carbocycles. The molecule has 0 heterocycles. The molecule has 3 aromatic rings. The van der Waals surface area contributed by atoms with Gasteiger partial charge in [0, 0.05) is 22.1 Å². The summed E-state index contributed by atoms with van der Waals surface area (Å²) in [5, 5.41) is 3.17. The molecule has 0 spiro atoms. The molecule has 0 aromatic heterocycles. The van der Waals surface area contributed by atoms with Gasteiger partial charge in [-0.3, -0.25) is 13.9 Å². The summed E-state index contributed by atoms with van der Waals surface area (Å²) < 4.78 is 29.3. The molecular weight excluding hydrogens is 613 g/mol. The van der Waals surface area contributed by atoms with Crippen molar-refractivity contribution in [3.8, 4) is 0 Å². The van der Waals surface area contributed by atoms with Crippen LogP contribution in [0.5, 0.6) is 0 Å². The summed E-state index contributed by atoms with van der Waals surface area (Å²) in [6, 6.07) is 18.4. The highest BCUT2D eigenvalue weighted by molar-refractivity contribution is 9.10. The first kappa shape index (κ1) is 30.0. The molecule has 3 rings (SSSR count). The van der Waals surface area contributed by atoms with Crippen LogP contribution in [0.3, 0.4) is 0 Å². The molecule has 0 radical (unpaired) electrons. The third-order valence-corrected chi connectivity index (χ3v) is 8.45. The third kappa shape index (κ3) is 7.50. The SMILES string of the molecule is CC(C)NC(=O)C(C)N(Cc1cccc(Br)c1)C(=O)CN(c1cc(Cl)ccc1Cl)S(=O)(=O)c1ccccc1. The maximum Gasteiger partial charge on any atom is 0.264 e. The van der Waals surface area contributed by atoms with E-state index in [1.807, 2.05) is 38.1 Å². The number of hydrogen-bond acceptors (Lipinski definition) is 4. The molecule has 0 saturated heterocycles. The molecular formula is C27H28BrCl2N3O4S. The molecule has 0 bridgehead atoms. The smallest absolute Gasteiger partial charge is 0.264 e. The van der Waals surface area contributed by atoms with E-state index in [2.05, 4.69) is 21.2 Å². The third-order valence-electron chi connectivity index (χ3n) is 5.63. The quantitative estimate of drug-likeness (QED) is 0.299. The molecule has 38 heavy (non-hydrogen) atoms. The lowest BCUT2D eigenvalue weighted by atomic mass is 10.1. The lowest BCUT2D eigenvalue weighted by molar-refractivity contribution is -0.139. The van der Waals surface area contributed by atoms with Crippen LogP contribution in [0.1, 0.15) is 26.3 Å². The van der Waals surface area contributed by atoms with Gasteiger partial charge in [0.25, 0.3) is 10.0 Å². The summed E-state index contributed by atoms with van der Waals surface area (Å²) in [7, 11) is -4.23. The summed E-state index contributed by atoms with van der Waals surface area (Å²) >= 11 is 16.0. The Kier molecular flexibility index (Phi) is 10.2. The van der Waals surface area contributed by atoms with Crippen molar-refractivity contribution < 1.29 is 18.0 Å². The molecule has 1 unspecified atom stereocenters. The Morgan fingerprint density at radius 3 is 2.26 bits per heavy atom. The molecule has 0 aliphatic heterocycles. The van der Waals surface area contributed by atoms with Gasteiger partial charge in [-0.25, -0.2) is 8.42 Å². The van der Waals surface area contributed by atoms with E-state index < -0.39 is 28.5 Å². The number of amides is 2. The normalized spacial score (nSPS) is 12.2. The van der Waals surface area contributed by atoms with E-state index in [1.165, 1.54) is 35.2 Å². The number of hydrogen-bond donors (Lipinski definition) is 1. The molecule has 7 nitrogen and oxygen atoms in total. The zero-order valence-electron chi connectivity index (χ0n) is 21.1. The molecule has 1 atom stereocenters. The lowest BCUT2D eigenvalue weighted by Crippen LogP contribution is -2.52. The first-order chi connectivity index (χ1) is 17.9. The zero-order chi connectivity index (χ0) is 28.0. The van der Waals surface area contributed by atoms with Crippen molar-refractivity contribution in [1.29, 1.82) is 0 Å². The molecule has 0 saturated carbocycles. The molecule has 11 heteroatoms.